The minimum atomic E-state index is 0.686. The second kappa shape index (κ2) is 7.29. The lowest BCUT2D eigenvalue weighted by Gasteiger charge is -1.98. The average molecular weight is 400 g/mol. The van der Waals surface area contributed by atoms with Crippen LogP contribution in [0, 0.1) is 13.8 Å². The molecule has 0 amide bonds. The fourth-order valence-corrected chi connectivity index (χ4v) is 2.92. The van der Waals surface area contributed by atoms with Crippen LogP contribution in [0.15, 0.2) is 65.4 Å². The Bertz CT molecular complexity index is 849. The van der Waals surface area contributed by atoms with Crippen LogP contribution < -0.4 is 0 Å². The van der Waals surface area contributed by atoms with Crippen molar-refractivity contribution in [2.24, 2.45) is 0 Å². The monoisotopic (exact) mass is 398 g/mol. The van der Waals surface area contributed by atoms with Crippen molar-refractivity contribution in [3.63, 3.8) is 0 Å². The molecular weight excluding hydrogens is 384 g/mol. The molecule has 0 fully saturated rings. The van der Waals surface area contributed by atoms with E-state index in [1.165, 1.54) is 16.5 Å². The maximum Gasteiger partial charge on any atom is 0.0705 e. The molecule has 2 nitrogen and oxygen atoms in total. The molecule has 2 aromatic heterocycles. The predicted octanol–water partition coefficient (Wildman–Crippen LogP) is 6.50. The van der Waals surface area contributed by atoms with E-state index in [0.717, 1.165) is 20.9 Å². The summed E-state index contributed by atoms with van der Waals surface area (Å²) < 4.78 is 1.03. The second-order valence-electron chi connectivity index (χ2n) is 5.70. The van der Waals surface area contributed by atoms with E-state index in [9.17, 15) is 0 Å². The Morgan fingerprint density at radius 1 is 0.750 bits per heavy atom. The van der Waals surface area contributed by atoms with Crippen LogP contribution in [0.3, 0.4) is 0 Å². The second-order valence-corrected chi connectivity index (χ2v) is 7.05. The zero-order chi connectivity index (χ0) is 17.1. The zero-order valence-electron chi connectivity index (χ0n) is 13.4. The topological polar surface area (TPSA) is 25.8 Å². The van der Waals surface area contributed by atoms with Crippen molar-refractivity contribution in [2.75, 3.05) is 0 Å². The maximum atomic E-state index is 5.80. The molecular formula is C20H16BrClN2. The maximum absolute atomic E-state index is 5.80. The summed E-state index contributed by atoms with van der Waals surface area (Å²) in [6, 6.07) is 16.4. The van der Waals surface area contributed by atoms with E-state index in [2.05, 4.69) is 70.1 Å². The zero-order valence-corrected chi connectivity index (χ0v) is 15.8. The first-order valence-electron chi connectivity index (χ1n) is 7.55. The molecule has 0 aliphatic carbocycles. The van der Waals surface area contributed by atoms with Crippen LogP contribution in [0.2, 0.25) is 5.02 Å². The van der Waals surface area contributed by atoms with Gasteiger partial charge in [0.25, 0.3) is 0 Å². The summed E-state index contributed by atoms with van der Waals surface area (Å²) in [6.45, 7) is 4.12. The van der Waals surface area contributed by atoms with E-state index in [1.54, 1.807) is 6.20 Å². The summed E-state index contributed by atoms with van der Waals surface area (Å²) in [5.41, 5.74) is 4.52. The van der Waals surface area contributed by atoms with Gasteiger partial charge in [0.05, 0.1) is 16.1 Å². The van der Waals surface area contributed by atoms with Crippen LogP contribution in [-0.2, 0) is 0 Å². The Labute approximate surface area is 154 Å². The molecule has 4 heteroatoms. The number of rotatable bonds is 0. The lowest BCUT2D eigenvalue weighted by Crippen LogP contribution is -1.79. The van der Waals surface area contributed by atoms with Crippen LogP contribution in [0.1, 0.15) is 11.1 Å². The van der Waals surface area contributed by atoms with E-state index in [0.29, 0.717) is 5.02 Å². The molecule has 0 saturated carbocycles. The lowest BCUT2D eigenvalue weighted by molar-refractivity contribution is 1.37. The highest BCUT2D eigenvalue weighted by molar-refractivity contribution is 9.10. The van der Waals surface area contributed by atoms with Gasteiger partial charge in [-0.1, -0.05) is 35.9 Å². The Morgan fingerprint density at radius 2 is 1.29 bits per heavy atom. The molecule has 0 aliphatic rings. The Morgan fingerprint density at radius 3 is 1.92 bits per heavy atom. The van der Waals surface area contributed by atoms with Gasteiger partial charge in [-0.15, -0.1) is 0 Å². The lowest BCUT2D eigenvalue weighted by atomic mass is 10.1. The number of aromatic nitrogens is 2. The highest BCUT2D eigenvalue weighted by Crippen LogP contribution is 2.18. The number of fused-ring (bicyclic) bond motifs is 2. The normalized spacial score (nSPS) is 10.5. The molecule has 0 bridgehead atoms. The number of halogens is 2. The molecule has 0 N–H and O–H groups in total. The summed E-state index contributed by atoms with van der Waals surface area (Å²) in [7, 11) is 0. The third-order valence-corrected chi connectivity index (χ3v) is 4.25. The van der Waals surface area contributed by atoms with Gasteiger partial charge in [0.1, 0.15) is 0 Å². The van der Waals surface area contributed by atoms with Gasteiger partial charge in [-0.25, -0.2) is 0 Å². The fraction of sp³-hybridized carbons (Fsp3) is 0.100. The SMILES string of the molecule is Cc1ccc2cc(Br)cnc2c1.Cc1ccc2cc(Cl)cnc2c1. The van der Waals surface area contributed by atoms with Crippen LogP contribution in [0.25, 0.3) is 21.8 Å². The molecule has 2 aromatic carbocycles. The van der Waals surface area contributed by atoms with Crippen molar-refractivity contribution in [1.29, 1.82) is 0 Å². The van der Waals surface area contributed by atoms with Crippen molar-refractivity contribution in [1.82, 2.24) is 9.97 Å². The molecule has 0 atom stereocenters. The van der Waals surface area contributed by atoms with Crippen molar-refractivity contribution >= 4 is 49.3 Å². The molecule has 24 heavy (non-hydrogen) atoms. The van der Waals surface area contributed by atoms with Gasteiger partial charge in [0, 0.05) is 27.6 Å². The molecule has 0 spiro atoms. The number of benzene rings is 2. The summed E-state index contributed by atoms with van der Waals surface area (Å²) >= 11 is 9.18. The molecule has 120 valence electrons. The van der Waals surface area contributed by atoms with E-state index in [1.807, 2.05) is 24.4 Å². The van der Waals surface area contributed by atoms with Gasteiger partial charge >= 0.3 is 0 Å². The molecule has 0 radical (unpaired) electrons. The molecule has 4 rings (SSSR count). The van der Waals surface area contributed by atoms with Crippen molar-refractivity contribution in [3.05, 3.63) is 81.5 Å². The first-order valence-corrected chi connectivity index (χ1v) is 8.72. The molecule has 2 heterocycles. The number of hydrogen-bond acceptors (Lipinski definition) is 2. The van der Waals surface area contributed by atoms with Crippen LogP contribution in [-0.4, -0.2) is 9.97 Å². The minimum absolute atomic E-state index is 0.686. The van der Waals surface area contributed by atoms with Gasteiger partial charge < -0.3 is 0 Å². The van der Waals surface area contributed by atoms with Gasteiger partial charge in [-0.3, -0.25) is 9.97 Å². The number of pyridine rings is 2. The quantitative estimate of drug-likeness (QED) is 0.337. The third kappa shape index (κ3) is 4.11. The standard InChI is InChI=1S/C10H8BrN.C10H8ClN/c2*1-7-2-3-8-5-9(11)6-12-10(8)4-7/h2*2-6H,1H3. The van der Waals surface area contributed by atoms with Gasteiger partial charge in [-0.2, -0.15) is 0 Å². The molecule has 0 aliphatic heterocycles. The summed E-state index contributed by atoms with van der Waals surface area (Å²) in [4.78, 5) is 8.50. The Hall–Kier alpha value is -1.97. The Kier molecular flexibility index (Phi) is 5.12. The minimum Gasteiger partial charge on any atom is -0.255 e. The number of hydrogen-bond donors (Lipinski definition) is 0. The number of aryl methyl sites for hydroxylation is 2. The van der Waals surface area contributed by atoms with Crippen LogP contribution in [0.4, 0.5) is 0 Å². The molecule has 4 aromatic rings. The largest absolute Gasteiger partial charge is 0.255 e. The third-order valence-electron chi connectivity index (χ3n) is 3.61. The van der Waals surface area contributed by atoms with E-state index in [-0.39, 0.29) is 0 Å². The highest BCUT2D eigenvalue weighted by atomic mass is 79.9. The molecule has 0 unspecified atom stereocenters. The van der Waals surface area contributed by atoms with Crippen molar-refractivity contribution in [3.8, 4) is 0 Å². The van der Waals surface area contributed by atoms with Crippen LogP contribution >= 0.6 is 27.5 Å². The summed E-state index contributed by atoms with van der Waals surface area (Å²) in [5, 5.41) is 2.95. The smallest absolute Gasteiger partial charge is 0.0705 e. The van der Waals surface area contributed by atoms with Crippen molar-refractivity contribution < 1.29 is 0 Å². The number of nitrogens with zero attached hydrogens (tertiary/aromatic N) is 2. The van der Waals surface area contributed by atoms with E-state index >= 15 is 0 Å². The predicted molar refractivity (Wildman–Crippen MR) is 106 cm³/mol. The fourth-order valence-electron chi connectivity index (χ4n) is 2.41. The van der Waals surface area contributed by atoms with Crippen molar-refractivity contribution in [2.45, 2.75) is 13.8 Å². The Balaban J connectivity index is 0.000000141. The van der Waals surface area contributed by atoms with Crippen LogP contribution in [0.5, 0.6) is 0 Å². The molecule has 0 saturated heterocycles. The average Bonchev–Trinajstić information content (AvgIpc) is 2.56. The van der Waals surface area contributed by atoms with E-state index < -0.39 is 0 Å². The van der Waals surface area contributed by atoms with Gasteiger partial charge in [0.2, 0.25) is 0 Å². The highest BCUT2D eigenvalue weighted by Gasteiger charge is 1.96. The van der Waals surface area contributed by atoms with Gasteiger partial charge in [-0.05, 0) is 65.2 Å². The first-order chi connectivity index (χ1) is 11.5. The van der Waals surface area contributed by atoms with Gasteiger partial charge in [0.15, 0.2) is 0 Å². The summed E-state index contributed by atoms with van der Waals surface area (Å²) in [5.74, 6) is 0. The first kappa shape index (κ1) is 16.9. The summed E-state index contributed by atoms with van der Waals surface area (Å²) in [6.07, 6.45) is 3.49. The van der Waals surface area contributed by atoms with E-state index in [4.69, 9.17) is 11.6 Å².